The standard InChI is InChI=1S/C22H38NO/c1-4-5-6-7-8-9-10-11-12-16-19-22(24)23(2,3)20-21-17-14-13-15-18-21/h13-15,17-18H,4-12,16,19-20H2,1-3H3/q+1. The van der Waals surface area contributed by atoms with E-state index in [2.05, 4.69) is 19.1 Å². The third-order valence-electron chi connectivity index (χ3n) is 4.84. The van der Waals surface area contributed by atoms with Crippen molar-refractivity contribution in [1.82, 2.24) is 0 Å². The molecule has 1 amide bonds. The monoisotopic (exact) mass is 332 g/mol. The first kappa shape index (κ1) is 20.9. The average Bonchev–Trinajstić information content (AvgIpc) is 2.57. The smallest absolute Gasteiger partial charge is 0.262 e. The first-order chi connectivity index (χ1) is 11.6. The van der Waals surface area contributed by atoms with Crippen LogP contribution < -0.4 is 0 Å². The highest BCUT2D eigenvalue weighted by Gasteiger charge is 2.25. The highest BCUT2D eigenvalue weighted by molar-refractivity contribution is 5.68. The van der Waals surface area contributed by atoms with Crippen molar-refractivity contribution in [3.63, 3.8) is 0 Å². The first-order valence-electron chi connectivity index (χ1n) is 9.96. The van der Waals surface area contributed by atoms with E-state index in [4.69, 9.17) is 0 Å². The van der Waals surface area contributed by atoms with E-state index >= 15 is 0 Å². The van der Waals surface area contributed by atoms with Gasteiger partial charge in [-0.15, -0.1) is 0 Å². The van der Waals surface area contributed by atoms with Crippen LogP contribution in [0.4, 0.5) is 0 Å². The van der Waals surface area contributed by atoms with E-state index in [0.29, 0.717) is 10.4 Å². The Labute approximate surface area is 149 Å². The van der Waals surface area contributed by atoms with Gasteiger partial charge in [0.25, 0.3) is 0 Å². The fourth-order valence-corrected chi connectivity index (χ4v) is 3.19. The van der Waals surface area contributed by atoms with Crippen LogP contribution in [-0.2, 0) is 11.3 Å². The van der Waals surface area contributed by atoms with Crippen molar-refractivity contribution < 1.29 is 9.28 Å². The fourth-order valence-electron chi connectivity index (χ4n) is 3.19. The first-order valence-corrected chi connectivity index (χ1v) is 9.96. The summed E-state index contributed by atoms with van der Waals surface area (Å²) in [4.78, 5) is 12.5. The molecule has 0 heterocycles. The molecule has 0 spiro atoms. The summed E-state index contributed by atoms with van der Waals surface area (Å²) < 4.78 is 0.460. The van der Waals surface area contributed by atoms with E-state index in [1.165, 1.54) is 63.4 Å². The van der Waals surface area contributed by atoms with Gasteiger partial charge >= 0.3 is 5.91 Å². The second-order valence-corrected chi connectivity index (χ2v) is 7.65. The molecule has 1 rings (SSSR count). The predicted molar refractivity (Wildman–Crippen MR) is 104 cm³/mol. The summed E-state index contributed by atoms with van der Waals surface area (Å²) in [5.41, 5.74) is 1.24. The van der Waals surface area contributed by atoms with Crippen molar-refractivity contribution >= 4 is 5.91 Å². The van der Waals surface area contributed by atoms with Gasteiger partial charge in [-0.2, -0.15) is 0 Å². The van der Waals surface area contributed by atoms with Gasteiger partial charge in [0.05, 0.1) is 20.5 Å². The molecule has 136 valence electrons. The Morgan fingerprint density at radius 1 is 0.792 bits per heavy atom. The molecule has 0 aliphatic heterocycles. The molecule has 0 aliphatic rings. The van der Waals surface area contributed by atoms with E-state index in [9.17, 15) is 4.79 Å². The zero-order chi connectivity index (χ0) is 17.7. The molecule has 0 saturated heterocycles. The van der Waals surface area contributed by atoms with Crippen LogP contribution >= 0.6 is 0 Å². The topological polar surface area (TPSA) is 17.1 Å². The average molecular weight is 333 g/mol. The Morgan fingerprint density at radius 3 is 1.83 bits per heavy atom. The largest absolute Gasteiger partial charge is 0.313 e. The molecule has 2 nitrogen and oxygen atoms in total. The van der Waals surface area contributed by atoms with Crippen molar-refractivity contribution in [2.45, 2.75) is 84.1 Å². The maximum absolute atomic E-state index is 12.5. The van der Waals surface area contributed by atoms with E-state index < -0.39 is 0 Å². The predicted octanol–water partition coefficient (Wildman–Crippen LogP) is 6.10. The highest BCUT2D eigenvalue weighted by atomic mass is 16.2. The molecule has 0 fully saturated rings. The molecule has 0 unspecified atom stereocenters. The third kappa shape index (κ3) is 9.22. The lowest BCUT2D eigenvalue weighted by molar-refractivity contribution is -0.828. The molecule has 0 aromatic heterocycles. The van der Waals surface area contributed by atoms with Crippen LogP contribution in [-0.4, -0.2) is 24.5 Å². The van der Waals surface area contributed by atoms with Gasteiger partial charge in [-0.05, 0) is 6.42 Å². The lowest BCUT2D eigenvalue weighted by Gasteiger charge is -2.27. The molecule has 24 heavy (non-hydrogen) atoms. The molecule has 0 saturated carbocycles. The Morgan fingerprint density at radius 2 is 1.29 bits per heavy atom. The van der Waals surface area contributed by atoms with Crippen molar-refractivity contribution in [3.8, 4) is 0 Å². The van der Waals surface area contributed by atoms with Crippen LogP contribution in [0.25, 0.3) is 0 Å². The lowest BCUT2D eigenvalue weighted by atomic mass is 10.1. The second kappa shape index (κ2) is 12.2. The van der Waals surface area contributed by atoms with Crippen molar-refractivity contribution in [1.29, 1.82) is 0 Å². The minimum atomic E-state index is 0.360. The maximum atomic E-state index is 12.5. The lowest BCUT2D eigenvalue weighted by Crippen LogP contribution is -2.44. The Hall–Kier alpha value is -1.15. The highest BCUT2D eigenvalue weighted by Crippen LogP contribution is 2.15. The van der Waals surface area contributed by atoms with Crippen LogP contribution in [0.2, 0.25) is 0 Å². The molecule has 0 aliphatic carbocycles. The van der Waals surface area contributed by atoms with Gasteiger partial charge in [-0.3, -0.25) is 4.48 Å². The molecule has 0 N–H and O–H groups in total. The number of carbonyl (C=O) groups is 1. The van der Waals surface area contributed by atoms with Crippen molar-refractivity contribution in [2.75, 3.05) is 14.1 Å². The van der Waals surface area contributed by atoms with Gasteiger partial charge in [-0.1, -0.05) is 95.0 Å². The summed E-state index contributed by atoms with van der Waals surface area (Å²) in [6.07, 6.45) is 13.9. The minimum absolute atomic E-state index is 0.360. The van der Waals surface area contributed by atoms with Gasteiger partial charge < -0.3 is 0 Å². The number of benzene rings is 1. The minimum Gasteiger partial charge on any atom is -0.262 e. The summed E-state index contributed by atoms with van der Waals surface area (Å²) in [7, 11) is 4.07. The molecular weight excluding hydrogens is 294 g/mol. The van der Waals surface area contributed by atoms with E-state index in [1.807, 2.05) is 32.3 Å². The summed E-state index contributed by atoms with van der Waals surface area (Å²) in [6.45, 7) is 3.05. The summed E-state index contributed by atoms with van der Waals surface area (Å²) in [5, 5.41) is 0. The summed E-state index contributed by atoms with van der Waals surface area (Å²) in [5.74, 6) is 0.360. The van der Waals surface area contributed by atoms with Crippen LogP contribution in [0.5, 0.6) is 0 Å². The number of unbranched alkanes of at least 4 members (excludes halogenated alkanes) is 9. The molecular formula is C22H38NO+. The van der Waals surface area contributed by atoms with E-state index in [-0.39, 0.29) is 0 Å². The third-order valence-corrected chi connectivity index (χ3v) is 4.84. The number of quaternary nitrogens is 1. The summed E-state index contributed by atoms with van der Waals surface area (Å²) >= 11 is 0. The van der Waals surface area contributed by atoms with Gasteiger partial charge in [0, 0.05) is 5.56 Å². The molecule has 0 radical (unpaired) electrons. The Balaban J connectivity index is 2.08. The van der Waals surface area contributed by atoms with Gasteiger partial charge in [0.1, 0.15) is 6.54 Å². The second-order valence-electron chi connectivity index (χ2n) is 7.65. The van der Waals surface area contributed by atoms with Crippen molar-refractivity contribution in [3.05, 3.63) is 35.9 Å². The normalized spacial score (nSPS) is 11.6. The Bertz CT molecular complexity index is 439. The zero-order valence-electron chi connectivity index (χ0n) is 16.2. The molecule has 2 heteroatoms. The molecule has 0 atom stereocenters. The number of hydrogen-bond donors (Lipinski definition) is 0. The molecule has 1 aromatic rings. The van der Waals surface area contributed by atoms with Gasteiger partial charge in [0.15, 0.2) is 0 Å². The number of nitrogens with zero attached hydrogens (tertiary/aromatic N) is 1. The van der Waals surface area contributed by atoms with Crippen LogP contribution in [0, 0.1) is 0 Å². The maximum Gasteiger partial charge on any atom is 0.313 e. The van der Waals surface area contributed by atoms with Crippen molar-refractivity contribution in [2.24, 2.45) is 0 Å². The zero-order valence-corrected chi connectivity index (χ0v) is 16.2. The molecule has 0 bridgehead atoms. The number of amides is 1. The van der Waals surface area contributed by atoms with E-state index in [0.717, 1.165) is 19.4 Å². The molecule has 1 aromatic carbocycles. The Kier molecular flexibility index (Phi) is 10.7. The van der Waals surface area contributed by atoms with Gasteiger partial charge in [-0.25, -0.2) is 4.79 Å². The SMILES string of the molecule is CCCCCCCCCCCCC(=O)[N+](C)(C)Cc1ccccc1. The van der Waals surface area contributed by atoms with E-state index in [1.54, 1.807) is 0 Å². The number of carbonyl (C=O) groups excluding carboxylic acids is 1. The van der Waals surface area contributed by atoms with Gasteiger partial charge in [0.2, 0.25) is 0 Å². The fraction of sp³-hybridized carbons (Fsp3) is 0.682. The van der Waals surface area contributed by atoms with Crippen LogP contribution in [0.1, 0.15) is 83.1 Å². The van der Waals surface area contributed by atoms with Crippen LogP contribution in [0.15, 0.2) is 30.3 Å². The number of hydrogen-bond acceptors (Lipinski definition) is 1. The van der Waals surface area contributed by atoms with Crippen LogP contribution in [0.3, 0.4) is 0 Å². The summed E-state index contributed by atoms with van der Waals surface area (Å²) in [6, 6.07) is 10.3. The number of rotatable bonds is 13. The quantitative estimate of drug-likeness (QED) is 0.315.